The number of unbranched alkanes of at least 4 members (excludes halogenated alkanes) is 1. The van der Waals surface area contributed by atoms with Gasteiger partial charge in [0.1, 0.15) is 5.82 Å². The molecule has 1 rings (SSSR count). The van der Waals surface area contributed by atoms with E-state index in [0.717, 1.165) is 18.2 Å². The number of hydrogen-bond donors (Lipinski definition) is 0. The Labute approximate surface area is 98.6 Å². The van der Waals surface area contributed by atoms with Crippen LogP contribution in [0, 0.1) is 0 Å². The van der Waals surface area contributed by atoms with Crippen molar-refractivity contribution in [2.75, 3.05) is 17.3 Å². The molecular formula is C11H15BrN2O. The van der Waals surface area contributed by atoms with Crippen LogP contribution in [0.1, 0.15) is 19.3 Å². The Balaban J connectivity index is 2.46. The molecule has 0 aromatic carbocycles. The lowest BCUT2D eigenvalue weighted by atomic mass is 10.2. The first-order chi connectivity index (χ1) is 7.25. The minimum atomic E-state index is 0.120. The van der Waals surface area contributed by atoms with Gasteiger partial charge in [-0.3, -0.25) is 9.69 Å². The molecule has 0 spiro atoms. The van der Waals surface area contributed by atoms with Gasteiger partial charge in [-0.15, -0.1) is 0 Å². The van der Waals surface area contributed by atoms with E-state index < -0.39 is 0 Å². The third-order valence-electron chi connectivity index (χ3n) is 2.14. The minimum absolute atomic E-state index is 0.120. The number of anilines is 1. The lowest BCUT2D eigenvalue weighted by Crippen LogP contribution is -2.26. The first kappa shape index (κ1) is 12.2. The summed E-state index contributed by atoms with van der Waals surface area (Å²) in [4.78, 5) is 17.4. The first-order valence-electron chi connectivity index (χ1n) is 4.99. The molecule has 0 N–H and O–H groups in total. The van der Waals surface area contributed by atoms with Crippen molar-refractivity contribution in [2.45, 2.75) is 19.3 Å². The van der Waals surface area contributed by atoms with Crippen LogP contribution in [-0.4, -0.2) is 23.3 Å². The maximum absolute atomic E-state index is 11.7. The number of carbonyl (C=O) groups is 1. The molecule has 1 aromatic heterocycles. The molecule has 0 aliphatic heterocycles. The maximum atomic E-state index is 11.7. The number of rotatable bonds is 5. The summed E-state index contributed by atoms with van der Waals surface area (Å²) in [6, 6.07) is 5.56. The highest BCUT2D eigenvalue weighted by Gasteiger charge is 2.10. The van der Waals surface area contributed by atoms with Gasteiger partial charge < -0.3 is 0 Å². The Bertz CT molecular complexity index is 303. The van der Waals surface area contributed by atoms with Crippen LogP contribution in [0.5, 0.6) is 0 Å². The zero-order chi connectivity index (χ0) is 11.1. The quantitative estimate of drug-likeness (QED) is 0.609. The number of halogens is 1. The van der Waals surface area contributed by atoms with E-state index in [1.807, 2.05) is 18.2 Å². The molecule has 3 nitrogen and oxygen atoms in total. The second kappa shape index (κ2) is 6.56. The smallest absolute Gasteiger partial charge is 0.227 e. The van der Waals surface area contributed by atoms with Crippen LogP contribution < -0.4 is 4.90 Å². The van der Waals surface area contributed by atoms with Crippen LogP contribution in [0.3, 0.4) is 0 Å². The van der Waals surface area contributed by atoms with Crippen LogP contribution in [-0.2, 0) is 4.79 Å². The predicted octanol–water partition coefficient (Wildman–Crippen LogP) is 2.61. The van der Waals surface area contributed by atoms with E-state index in [2.05, 4.69) is 20.9 Å². The number of aromatic nitrogens is 1. The van der Waals surface area contributed by atoms with Crippen molar-refractivity contribution in [1.29, 1.82) is 0 Å². The predicted molar refractivity (Wildman–Crippen MR) is 65.3 cm³/mol. The second-order valence-electron chi connectivity index (χ2n) is 3.29. The second-order valence-corrected chi connectivity index (χ2v) is 4.08. The third kappa shape index (κ3) is 4.00. The Morgan fingerprint density at radius 2 is 2.27 bits per heavy atom. The number of pyridine rings is 1. The molecule has 0 radical (unpaired) electrons. The van der Waals surface area contributed by atoms with Crippen LogP contribution in [0.2, 0.25) is 0 Å². The number of carbonyl (C=O) groups excluding carboxylic acids is 1. The van der Waals surface area contributed by atoms with Gasteiger partial charge in [0.15, 0.2) is 0 Å². The van der Waals surface area contributed by atoms with E-state index in [4.69, 9.17) is 0 Å². The van der Waals surface area contributed by atoms with E-state index in [1.54, 1.807) is 18.1 Å². The fourth-order valence-corrected chi connectivity index (χ4v) is 1.61. The number of hydrogen-bond acceptors (Lipinski definition) is 2. The summed E-state index contributed by atoms with van der Waals surface area (Å²) in [5, 5.41) is 0.952. The molecule has 0 unspecified atom stereocenters. The minimum Gasteiger partial charge on any atom is -0.300 e. The van der Waals surface area contributed by atoms with Gasteiger partial charge in [-0.25, -0.2) is 4.98 Å². The topological polar surface area (TPSA) is 33.2 Å². The van der Waals surface area contributed by atoms with Crippen LogP contribution in [0.15, 0.2) is 24.4 Å². The normalized spacial score (nSPS) is 10.0. The van der Waals surface area contributed by atoms with Crippen molar-refractivity contribution in [3.63, 3.8) is 0 Å². The molecule has 4 heteroatoms. The van der Waals surface area contributed by atoms with Crippen LogP contribution in [0.25, 0.3) is 0 Å². The molecule has 82 valence electrons. The highest BCUT2D eigenvalue weighted by Crippen LogP contribution is 2.09. The van der Waals surface area contributed by atoms with Gasteiger partial charge in [-0.05, 0) is 25.0 Å². The van der Waals surface area contributed by atoms with E-state index in [-0.39, 0.29) is 5.91 Å². The van der Waals surface area contributed by atoms with Crippen molar-refractivity contribution in [2.24, 2.45) is 0 Å². The molecule has 15 heavy (non-hydrogen) atoms. The number of amides is 1. The van der Waals surface area contributed by atoms with Gasteiger partial charge in [0.25, 0.3) is 0 Å². The Kier molecular flexibility index (Phi) is 5.32. The van der Waals surface area contributed by atoms with Gasteiger partial charge in [0.2, 0.25) is 5.91 Å². The molecule has 0 aliphatic rings. The summed E-state index contributed by atoms with van der Waals surface area (Å²) >= 11 is 3.34. The lowest BCUT2D eigenvalue weighted by molar-refractivity contribution is -0.118. The summed E-state index contributed by atoms with van der Waals surface area (Å²) in [6.45, 7) is 0. The fourth-order valence-electron chi connectivity index (χ4n) is 1.22. The van der Waals surface area contributed by atoms with Crippen molar-refractivity contribution >= 4 is 27.7 Å². The highest BCUT2D eigenvalue weighted by molar-refractivity contribution is 9.09. The van der Waals surface area contributed by atoms with Crippen molar-refractivity contribution in [3.8, 4) is 0 Å². The van der Waals surface area contributed by atoms with Gasteiger partial charge in [-0.1, -0.05) is 22.0 Å². The Hall–Kier alpha value is -0.900. The number of nitrogens with zero attached hydrogens (tertiary/aromatic N) is 2. The zero-order valence-electron chi connectivity index (χ0n) is 8.82. The van der Waals surface area contributed by atoms with E-state index in [0.29, 0.717) is 12.2 Å². The molecule has 0 atom stereocenters. The van der Waals surface area contributed by atoms with Crippen LogP contribution >= 0.6 is 15.9 Å². The van der Waals surface area contributed by atoms with Crippen molar-refractivity contribution in [1.82, 2.24) is 4.98 Å². The molecular weight excluding hydrogens is 256 g/mol. The molecule has 0 saturated carbocycles. The average molecular weight is 271 g/mol. The van der Waals surface area contributed by atoms with Crippen LogP contribution in [0.4, 0.5) is 5.82 Å². The van der Waals surface area contributed by atoms with Gasteiger partial charge in [0, 0.05) is 25.0 Å². The highest BCUT2D eigenvalue weighted by atomic mass is 79.9. The fraction of sp³-hybridized carbons (Fsp3) is 0.455. The Morgan fingerprint density at radius 1 is 1.47 bits per heavy atom. The van der Waals surface area contributed by atoms with E-state index >= 15 is 0 Å². The summed E-state index contributed by atoms with van der Waals surface area (Å²) in [6.07, 6.45) is 4.22. The third-order valence-corrected chi connectivity index (χ3v) is 2.70. The largest absolute Gasteiger partial charge is 0.300 e. The van der Waals surface area contributed by atoms with Gasteiger partial charge in [0.05, 0.1) is 0 Å². The first-order valence-corrected chi connectivity index (χ1v) is 6.11. The zero-order valence-corrected chi connectivity index (χ0v) is 10.4. The monoisotopic (exact) mass is 270 g/mol. The lowest BCUT2D eigenvalue weighted by Gasteiger charge is -2.15. The molecule has 0 fully saturated rings. The summed E-state index contributed by atoms with van der Waals surface area (Å²) in [7, 11) is 1.76. The summed E-state index contributed by atoms with van der Waals surface area (Å²) in [5.74, 6) is 0.830. The average Bonchev–Trinajstić information content (AvgIpc) is 2.29. The molecule has 0 saturated heterocycles. The van der Waals surface area contributed by atoms with E-state index in [9.17, 15) is 4.79 Å². The van der Waals surface area contributed by atoms with E-state index in [1.165, 1.54) is 0 Å². The standard InChI is InChI=1S/C11H15BrN2O/c1-14(10-6-3-5-9-13-10)11(15)7-2-4-8-12/h3,5-6,9H,2,4,7-8H2,1H3. The number of alkyl halides is 1. The molecule has 1 amide bonds. The molecule has 0 bridgehead atoms. The SMILES string of the molecule is CN(C(=O)CCCCBr)c1ccccn1. The summed E-state index contributed by atoms with van der Waals surface area (Å²) in [5.41, 5.74) is 0. The van der Waals surface area contributed by atoms with Gasteiger partial charge >= 0.3 is 0 Å². The summed E-state index contributed by atoms with van der Waals surface area (Å²) < 4.78 is 0. The molecule has 1 heterocycles. The maximum Gasteiger partial charge on any atom is 0.227 e. The van der Waals surface area contributed by atoms with Crippen molar-refractivity contribution < 1.29 is 4.79 Å². The van der Waals surface area contributed by atoms with Crippen molar-refractivity contribution in [3.05, 3.63) is 24.4 Å². The molecule has 1 aromatic rings. The van der Waals surface area contributed by atoms with Gasteiger partial charge in [-0.2, -0.15) is 0 Å². The molecule has 0 aliphatic carbocycles. The Morgan fingerprint density at radius 3 is 2.87 bits per heavy atom.